The van der Waals surface area contributed by atoms with Crippen molar-refractivity contribution >= 4 is 5.78 Å². The summed E-state index contributed by atoms with van der Waals surface area (Å²) in [4.78, 5) is 14.3. The molecular formula is C16H24FNO. The lowest BCUT2D eigenvalue weighted by Crippen LogP contribution is -2.31. The number of rotatable bonds is 7. The number of halogens is 1. The third-order valence-electron chi connectivity index (χ3n) is 3.42. The molecule has 0 spiro atoms. The van der Waals surface area contributed by atoms with Crippen LogP contribution < -0.4 is 0 Å². The zero-order chi connectivity index (χ0) is 14.4. The molecule has 1 aromatic carbocycles. The number of hydrogen-bond donors (Lipinski definition) is 0. The van der Waals surface area contributed by atoms with E-state index < -0.39 is 0 Å². The third kappa shape index (κ3) is 4.75. The van der Waals surface area contributed by atoms with Gasteiger partial charge in [-0.05, 0) is 62.2 Å². The van der Waals surface area contributed by atoms with E-state index in [-0.39, 0.29) is 11.6 Å². The van der Waals surface area contributed by atoms with Gasteiger partial charge in [-0.1, -0.05) is 13.8 Å². The van der Waals surface area contributed by atoms with Crippen LogP contribution in [0.3, 0.4) is 0 Å². The first-order valence-corrected chi connectivity index (χ1v) is 6.97. The number of nitrogens with zero attached hydrogens (tertiary/aromatic N) is 1. The lowest BCUT2D eigenvalue weighted by Gasteiger charge is -2.19. The summed E-state index contributed by atoms with van der Waals surface area (Å²) >= 11 is 0. The SMILES string of the molecule is CCCN(CC)CC(=O)Cc1c(C)cc(F)cc1C. The van der Waals surface area contributed by atoms with E-state index in [0.717, 1.165) is 36.2 Å². The summed E-state index contributed by atoms with van der Waals surface area (Å²) in [5.74, 6) is -0.0273. The second-order valence-electron chi connectivity index (χ2n) is 5.10. The number of Topliss-reactive ketones (excluding diaryl/α,β-unsaturated/α-hetero) is 1. The number of carbonyl (C=O) groups excluding carboxylic acids is 1. The molecular weight excluding hydrogens is 241 g/mol. The van der Waals surface area contributed by atoms with Crippen molar-refractivity contribution < 1.29 is 9.18 Å². The van der Waals surface area contributed by atoms with Gasteiger partial charge in [0.05, 0.1) is 6.54 Å². The fourth-order valence-corrected chi connectivity index (χ4v) is 2.39. The van der Waals surface area contributed by atoms with Crippen LogP contribution in [-0.2, 0) is 11.2 Å². The average molecular weight is 265 g/mol. The van der Waals surface area contributed by atoms with Crippen molar-refractivity contribution in [2.45, 2.75) is 40.5 Å². The molecule has 0 aliphatic carbocycles. The van der Waals surface area contributed by atoms with Crippen molar-refractivity contribution in [3.05, 3.63) is 34.6 Å². The van der Waals surface area contributed by atoms with Gasteiger partial charge in [-0.2, -0.15) is 0 Å². The molecule has 0 radical (unpaired) electrons. The van der Waals surface area contributed by atoms with Crippen LogP contribution in [0, 0.1) is 19.7 Å². The fraction of sp³-hybridized carbons (Fsp3) is 0.562. The molecule has 0 amide bonds. The zero-order valence-corrected chi connectivity index (χ0v) is 12.4. The fourth-order valence-electron chi connectivity index (χ4n) is 2.39. The number of ketones is 1. The second kappa shape index (κ2) is 7.39. The predicted molar refractivity (Wildman–Crippen MR) is 77.0 cm³/mol. The maximum atomic E-state index is 13.2. The van der Waals surface area contributed by atoms with Crippen molar-refractivity contribution in [2.75, 3.05) is 19.6 Å². The number of likely N-dealkylation sites (N-methyl/N-ethyl adjacent to an activating group) is 1. The molecule has 1 aromatic rings. The summed E-state index contributed by atoms with van der Waals surface area (Å²) in [7, 11) is 0. The Bertz CT molecular complexity index is 419. The highest BCUT2D eigenvalue weighted by atomic mass is 19.1. The summed E-state index contributed by atoms with van der Waals surface area (Å²) in [6, 6.07) is 3.00. The highest BCUT2D eigenvalue weighted by molar-refractivity contribution is 5.83. The molecule has 1 rings (SSSR count). The Morgan fingerprint density at radius 2 is 1.79 bits per heavy atom. The molecule has 0 heterocycles. The van der Waals surface area contributed by atoms with E-state index in [1.54, 1.807) is 0 Å². The molecule has 2 nitrogen and oxygen atoms in total. The van der Waals surface area contributed by atoms with Gasteiger partial charge in [0.2, 0.25) is 0 Å². The van der Waals surface area contributed by atoms with E-state index in [9.17, 15) is 9.18 Å². The van der Waals surface area contributed by atoms with Crippen LogP contribution in [0.5, 0.6) is 0 Å². The Kier molecular flexibility index (Phi) is 6.16. The molecule has 19 heavy (non-hydrogen) atoms. The monoisotopic (exact) mass is 265 g/mol. The topological polar surface area (TPSA) is 20.3 Å². The van der Waals surface area contributed by atoms with E-state index in [0.29, 0.717) is 13.0 Å². The molecule has 0 bridgehead atoms. The molecule has 106 valence electrons. The minimum Gasteiger partial charge on any atom is -0.298 e. The molecule has 0 saturated carbocycles. The highest BCUT2D eigenvalue weighted by Crippen LogP contribution is 2.17. The summed E-state index contributed by atoms with van der Waals surface area (Å²) < 4.78 is 13.2. The first-order valence-electron chi connectivity index (χ1n) is 6.97. The Labute approximate surface area is 115 Å². The lowest BCUT2D eigenvalue weighted by molar-refractivity contribution is -0.119. The Morgan fingerprint density at radius 3 is 2.26 bits per heavy atom. The van der Waals surface area contributed by atoms with E-state index in [2.05, 4.69) is 18.7 Å². The summed E-state index contributed by atoms with van der Waals surface area (Å²) in [6.07, 6.45) is 1.45. The molecule has 0 aliphatic rings. The maximum absolute atomic E-state index is 13.2. The van der Waals surface area contributed by atoms with Gasteiger partial charge in [0.15, 0.2) is 5.78 Å². The van der Waals surface area contributed by atoms with Gasteiger partial charge in [0, 0.05) is 6.42 Å². The molecule has 0 fully saturated rings. The van der Waals surface area contributed by atoms with Crippen LogP contribution in [0.4, 0.5) is 4.39 Å². The second-order valence-corrected chi connectivity index (χ2v) is 5.10. The zero-order valence-electron chi connectivity index (χ0n) is 12.4. The molecule has 0 aliphatic heterocycles. The minimum atomic E-state index is -0.229. The molecule has 0 aromatic heterocycles. The minimum absolute atomic E-state index is 0.202. The number of benzene rings is 1. The van der Waals surface area contributed by atoms with Gasteiger partial charge >= 0.3 is 0 Å². The van der Waals surface area contributed by atoms with Crippen LogP contribution in [0.1, 0.15) is 37.0 Å². The van der Waals surface area contributed by atoms with Gasteiger partial charge in [-0.25, -0.2) is 4.39 Å². The summed E-state index contributed by atoms with van der Waals surface area (Å²) in [6.45, 7) is 10.2. The van der Waals surface area contributed by atoms with E-state index in [4.69, 9.17) is 0 Å². The number of aryl methyl sites for hydroxylation is 2. The first kappa shape index (κ1) is 15.8. The van der Waals surface area contributed by atoms with Crippen LogP contribution in [-0.4, -0.2) is 30.3 Å². The van der Waals surface area contributed by atoms with Crippen molar-refractivity contribution in [1.29, 1.82) is 0 Å². The largest absolute Gasteiger partial charge is 0.298 e. The summed E-state index contributed by atoms with van der Waals surface area (Å²) in [5, 5.41) is 0. The summed E-state index contributed by atoms with van der Waals surface area (Å²) in [5.41, 5.74) is 2.70. The lowest BCUT2D eigenvalue weighted by atomic mass is 9.97. The van der Waals surface area contributed by atoms with Gasteiger partial charge in [0.25, 0.3) is 0 Å². The predicted octanol–water partition coefficient (Wildman–Crippen LogP) is 3.29. The van der Waals surface area contributed by atoms with Gasteiger partial charge in [0.1, 0.15) is 5.82 Å². The quantitative estimate of drug-likeness (QED) is 0.754. The van der Waals surface area contributed by atoms with Crippen LogP contribution in [0.15, 0.2) is 12.1 Å². The Morgan fingerprint density at radius 1 is 1.21 bits per heavy atom. The van der Waals surface area contributed by atoms with Crippen molar-refractivity contribution in [3.63, 3.8) is 0 Å². The van der Waals surface area contributed by atoms with Crippen LogP contribution in [0.2, 0.25) is 0 Å². The maximum Gasteiger partial charge on any atom is 0.151 e. The van der Waals surface area contributed by atoms with Gasteiger partial charge in [-0.3, -0.25) is 9.69 Å². The Balaban J connectivity index is 2.72. The molecule has 0 atom stereocenters. The van der Waals surface area contributed by atoms with E-state index >= 15 is 0 Å². The average Bonchev–Trinajstić information content (AvgIpc) is 2.33. The van der Waals surface area contributed by atoms with Crippen molar-refractivity contribution in [3.8, 4) is 0 Å². The van der Waals surface area contributed by atoms with Crippen molar-refractivity contribution in [1.82, 2.24) is 4.90 Å². The normalized spacial score (nSPS) is 11.1. The third-order valence-corrected chi connectivity index (χ3v) is 3.42. The van der Waals surface area contributed by atoms with E-state index in [1.807, 2.05) is 13.8 Å². The molecule has 0 N–H and O–H groups in total. The Hall–Kier alpha value is -1.22. The molecule has 0 saturated heterocycles. The van der Waals surface area contributed by atoms with Gasteiger partial charge in [-0.15, -0.1) is 0 Å². The van der Waals surface area contributed by atoms with E-state index in [1.165, 1.54) is 12.1 Å². The van der Waals surface area contributed by atoms with Gasteiger partial charge < -0.3 is 0 Å². The standard InChI is InChI=1S/C16H24FNO/c1-5-7-18(6-2)11-15(19)10-16-12(3)8-14(17)9-13(16)4/h8-9H,5-7,10-11H2,1-4H3. The number of hydrogen-bond acceptors (Lipinski definition) is 2. The highest BCUT2D eigenvalue weighted by Gasteiger charge is 2.13. The van der Waals surface area contributed by atoms with Crippen LogP contribution >= 0.6 is 0 Å². The molecule has 0 unspecified atom stereocenters. The molecule has 3 heteroatoms. The van der Waals surface area contributed by atoms with Crippen LogP contribution in [0.25, 0.3) is 0 Å². The smallest absolute Gasteiger partial charge is 0.151 e. The first-order chi connectivity index (χ1) is 8.97. The number of carbonyl (C=O) groups is 1. The van der Waals surface area contributed by atoms with Crippen molar-refractivity contribution in [2.24, 2.45) is 0 Å².